The Balaban J connectivity index is 1.70. The summed E-state index contributed by atoms with van der Waals surface area (Å²) >= 11 is 5.74. The Morgan fingerprint density at radius 3 is 2.59 bits per heavy atom. The smallest absolute Gasteiger partial charge is 0.392 e. The molecule has 4 rings (SSSR count). The van der Waals surface area contributed by atoms with E-state index in [1.807, 2.05) is 4.90 Å². The summed E-state index contributed by atoms with van der Waals surface area (Å²) < 4.78 is 56.6. The number of pyridine rings is 1. The number of rotatable bonds is 4. The van der Waals surface area contributed by atoms with Crippen LogP contribution in [0, 0.1) is 5.82 Å². The highest BCUT2D eigenvalue weighted by molar-refractivity contribution is 6.30. The van der Waals surface area contributed by atoms with Crippen molar-refractivity contribution in [3.05, 3.63) is 17.2 Å². The Hall–Kier alpha value is -1.94. The molecule has 1 N–H and O–H groups in total. The summed E-state index contributed by atoms with van der Waals surface area (Å²) in [6.07, 6.45) is -2.09. The van der Waals surface area contributed by atoms with E-state index in [1.54, 1.807) is 0 Å². The van der Waals surface area contributed by atoms with Gasteiger partial charge in [0.2, 0.25) is 0 Å². The minimum atomic E-state index is -4.37. The van der Waals surface area contributed by atoms with Crippen LogP contribution in [-0.4, -0.2) is 52.9 Å². The number of ether oxygens (including phenoxy) is 1. The third-order valence-corrected chi connectivity index (χ3v) is 5.00. The first kappa shape index (κ1) is 18.4. The van der Waals surface area contributed by atoms with Crippen LogP contribution in [0.25, 0.3) is 10.9 Å². The number of nitrogens with zero attached hydrogens (tertiary/aromatic N) is 4. The molecule has 2 fully saturated rings. The lowest BCUT2D eigenvalue weighted by Gasteiger charge is -2.34. The number of fused-ring (bicyclic) bond motifs is 3. The SMILES string of the molecule is Fc1c(Cl)ncc2c(N3C[C@H]4CC[C@@H](C3)N4)nc(OCCC(F)(F)F)nc12. The van der Waals surface area contributed by atoms with Gasteiger partial charge in [-0.15, -0.1) is 0 Å². The Kier molecular flexibility index (Phi) is 4.71. The van der Waals surface area contributed by atoms with Crippen LogP contribution >= 0.6 is 11.6 Å². The summed E-state index contributed by atoms with van der Waals surface area (Å²) in [5.41, 5.74) is -0.118. The van der Waals surface area contributed by atoms with Crippen LogP contribution in [0.3, 0.4) is 0 Å². The third-order valence-electron chi connectivity index (χ3n) is 4.73. The summed E-state index contributed by atoms with van der Waals surface area (Å²) in [6.45, 7) is 0.644. The Morgan fingerprint density at radius 1 is 1.22 bits per heavy atom. The molecule has 2 aliphatic heterocycles. The largest absolute Gasteiger partial charge is 0.463 e. The number of nitrogens with one attached hydrogen (secondary N) is 1. The summed E-state index contributed by atoms with van der Waals surface area (Å²) in [4.78, 5) is 14.0. The van der Waals surface area contributed by atoms with Crippen LogP contribution in [0.4, 0.5) is 23.4 Å². The average Bonchev–Trinajstić information content (AvgIpc) is 2.95. The summed E-state index contributed by atoms with van der Waals surface area (Å²) in [5.74, 6) is -0.458. The topological polar surface area (TPSA) is 63.2 Å². The van der Waals surface area contributed by atoms with Crippen LogP contribution in [0.15, 0.2) is 6.20 Å². The van der Waals surface area contributed by atoms with E-state index in [1.165, 1.54) is 6.20 Å². The number of alkyl halides is 3. The first-order valence-electron chi connectivity index (χ1n) is 8.52. The van der Waals surface area contributed by atoms with E-state index in [4.69, 9.17) is 16.3 Å². The zero-order chi connectivity index (χ0) is 19.2. The van der Waals surface area contributed by atoms with E-state index >= 15 is 0 Å². The molecule has 0 radical (unpaired) electrons. The van der Waals surface area contributed by atoms with Crippen LogP contribution in [0.2, 0.25) is 5.15 Å². The van der Waals surface area contributed by atoms with E-state index in [9.17, 15) is 17.6 Å². The number of aromatic nitrogens is 3. The lowest BCUT2D eigenvalue weighted by molar-refractivity contribution is -0.139. The molecule has 146 valence electrons. The maximum Gasteiger partial charge on any atom is 0.392 e. The number of anilines is 1. The predicted octanol–water partition coefficient (Wildman–Crippen LogP) is 3.09. The molecule has 0 aliphatic carbocycles. The van der Waals surface area contributed by atoms with E-state index in [2.05, 4.69) is 20.3 Å². The maximum absolute atomic E-state index is 14.5. The molecule has 2 bridgehead atoms. The molecule has 2 saturated heterocycles. The Labute approximate surface area is 156 Å². The average molecular weight is 406 g/mol. The van der Waals surface area contributed by atoms with Crippen molar-refractivity contribution in [2.45, 2.75) is 37.5 Å². The number of hydrogen-bond acceptors (Lipinski definition) is 6. The van der Waals surface area contributed by atoms with Crippen molar-refractivity contribution in [1.82, 2.24) is 20.3 Å². The van der Waals surface area contributed by atoms with Gasteiger partial charge in [-0.1, -0.05) is 11.6 Å². The maximum atomic E-state index is 14.5. The highest BCUT2D eigenvalue weighted by Crippen LogP contribution is 2.32. The normalized spacial score (nSPS) is 22.5. The zero-order valence-corrected chi connectivity index (χ0v) is 14.8. The monoisotopic (exact) mass is 405 g/mol. The second-order valence-electron chi connectivity index (χ2n) is 6.71. The van der Waals surface area contributed by atoms with Crippen molar-refractivity contribution < 1.29 is 22.3 Å². The van der Waals surface area contributed by atoms with Gasteiger partial charge in [0.15, 0.2) is 11.0 Å². The lowest BCUT2D eigenvalue weighted by Crippen LogP contribution is -2.51. The molecule has 2 atom stereocenters. The molecular weight excluding hydrogens is 390 g/mol. The molecule has 27 heavy (non-hydrogen) atoms. The summed E-state index contributed by atoms with van der Waals surface area (Å²) in [7, 11) is 0. The molecule has 4 heterocycles. The van der Waals surface area contributed by atoms with Crippen molar-refractivity contribution in [1.29, 1.82) is 0 Å². The van der Waals surface area contributed by atoms with E-state index in [0.717, 1.165) is 12.8 Å². The van der Waals surface area contributed by atoms with E-state index in [0.29, 0.717) is 24.3 Å². The molecular formula is C16H16ClF4N5O. The van der Waals surface area contributed by atoms with Gasteiger partial charge in [-0.3, -0.25) is 0 Å². The number of piperazine rings is 1. The van der Waals surface area contributed by atoms with Gasteiger partial charge in [0.1, 0.15) is 17.9 Å². The van der Waals surface area contributed by atoms with Gasteiger partial charge >= 0.3 is 12.2 Å². The van der Waals surface area contributed by atoms with Crippen LogP contribution in [0.5, 0.6) is 6.01 Å². The van der Waals surface area contributed by atoms with Gasteiger partial charge in [0, 0.05) is 31.4 Å². The molecule has 2 aliphatic rings. The lowest BCUT2D eigenvalue weighted by atomic mass is 10.2. The van der Waals surface area contributed by atoms with Crippen LogP contribution in [-0.2, 0) is 0 Å². The van der Waals surface area contributed by atoms with Crippen molar-refractivity contribution in [2.24, 2.45) is 0 Å². The fourth-order valence-corrected chi connectivity index (χ4v) is 3.67. The Morgan fingerprint density at radius 2 is 1.93 bits per heavy atom. The molecule has 0 unspecified atom stereocenters. The molecule has 11 heteroatoms. The number of halogens is 5. The van der Waals surface area contributed by atoms with Gasteiger partial charge in [-0.25, -0.2) is 9.37 Å². The van der Waals surface area contributed by atoms with Gasteiger partial charge in [0.05, 0.1) is 11.8 Å². The van der Waals surface area contributed by atoms with Crippen molar-refractivity contribution in [2.75, 3.05) is 24.6 Å². The second-order valence-corrected chi connectivity index (χ2v) is 7.07. The highest BCUT2D eigenvalue weighted by atomic mass is 35.5. The molecule has 2 aromatic heterocycles. The van der Waals surface area contributed by atoms with Crippen LogP contribution in [0.1, 0.15) is 19.3 Å². The quantitative estimate of drug-likeness (QED) is 0.623. The van der Waals surface area contributed by atoms with Gasteiger partial charge in [0.25, 0.3) is 0 Å². The predicted molar refractivity (Wildman–Crippen MR) is 90.6 cm³/mol. The highest BCUT2D eigenvalue weighted by Gasteiger charge is 2.34. The van der Waals surface area contributed by atoms with Crippen LogP contribution < -0.4 is 15.0 Å². The number of hydrogen-bond donors (Lipinski definition) is 1. The molecule has 2 aromatic rings. The van der Waals surface area contributed by atoms with Crippen molar-refractivity contribution in [3.63, 3.8) is 0 Å². The molecule has 6 nitrogen and oxygen atoms in total. The Bertz CT molecular complexity index is 853. The van der Waals surface area contributed by atoms with E-state index < -0.39 is 25.0 Å². The van der Waals surface area contributed by atoms with Gasteiger partial charge in [-0.2, -0.15) is 23.1 Å². The fraction of sp³-hybridized carbons (Fsp3) is 0.562. The molecule has 0 saturated carbocycles. The van der Waals surface area contributed by atoms with Crippen molar-refractivity contribution in [3.8, 4) is 6.01 Å². The van der Waals surface area contributed by atoms with Gasteiger partial charge < -0.3 is 15.0 Å². The fourth-order valence-electron chi connectivity index (χ4n) is 3.53. The minimum absolute atomic E-state index is 0.118. The van der Waals surface area contributed by atoms with Gasteiger partial charge in [-0.05, 0) is 12.8 Å². The zero-order valence-electron chi connectivity index (χ0n) is 14.1. The second kappa shape index (κ2) is 6.90. The van der Waals surface area contributed by atoms with Crippen molar-refractivity contribution >= 4 is 28.3 Å². The third kappa shape index (κ3) is 3.86. The minimum Gasteiger partial charge on any atom is -0.463 e. The summed E-state index contributed by atoms with van der Waals surface area (Å²) in [5, 5.41) is 3.45. The molecule has 0 amide bonds. The summed E-state index contributed by atoms with van der Waals surface area (Å²) in [6, 6.07) is 0.260. The molecule has 0 aromatic carbocycles. The van der Waals surface area contributed by atoms with E-state index in [-0.39, 0.29) is 28.8 Å². The first-order valence-corrected chi connectivity index (χ1v) is 8.90. The first-order chi connectivity index (χ1) is 12.8. The molecule has 0 spiro atoms. The standard InChI is InChI=1S/C16H16ClF4N5O/c17-13-11(18)12-10(5-22-13)14(26-6-8-1-2-9(7-26)23-8)25-15(24-12)27-4-3-16(19,20)21/h5,8-9,23H,1-4,6-7H2/t8-,9+.